The van der Waals surface area contributed by atoms with E-state index in [9.17, 15) is 14.7 Å². The van der Waals surface area contributed by atoms with E-state index in [1.54, 1.807) is 37.4 Å². The lowest BCUT2D eigenvalue weighted by Crippen LogP contribution is -2.28. The summed E-state index contributed by atoms with van der Waals surface area (Å²) in [5, 5.41) is 13.5. The summed E-state index contributed by atoms with van der Waals surface area (Å²) in [6.45, 7) is 0.828. The molecule has 8 nitrogen and oxygen atoms in total. The molecule has 4 aromatic rings. The number of amides is 1. The number of aromatic nitrogens is 1. The van der Waals surface area contributed by atoms with Crippen LogP contribution in [0.3, 0.4) is 0 Å². The van der Waals surface area contributed by atoms with Gasteiger partial charge in [0.2, 0.25) is 0 Å². The van der Waals surface area contributed by atoms with Gasteiger partial charge >= 0.3 is 5.91 Å². The maximum atomic E-state index is 13.3. The van der Waals surface area contributed by atoms with E-state index in [4.69, 9.17) is 14.2 Å². The number of aliphatic hydroxyl groups excluding tert-OH is 1. The van der Waals surface area contributed by atoms with Gasteiger partial charge in [0.05, 0.1) is 22.9 Å². The van der Waals surface area contributed by atoms with Crippen LogP contribution in [0.25, 0.3) is 16.0 Å². The fraction of sp³-hybridized carbons (Fsp3) is 0.160. The van der Waals surface area contributed by atoms with Gasteiger partial charge in [-0.05, 0) is 47.8 Å². The van der Waals surface area contributed by atoms with Gasteiger partial charge in [-0.2, -0.15) is 0 Å². The fourth-order valence-electron chi connectivity index (χ4n) is 4.21. The van der Waals surface area contributed by atoms with E-state index in [2.05, 4.69) is 4.98 Å². The highest BCUT2D eigenvalue weighted by Crippen LogP contribution is 2.46. The van der Waals surface area contributed by atoms with E-state index in [1.165, 1.54) is 27.6 Å². The van der Waals surface area contributed by atoms with Crippen LogP contribution in [0, 0.1) is 0 Å². The van der Waals surface area contributed by atoms with E-state index in [0.29, 0.717) is 46.7 Å². The predicted octanol–water partition coefficient (Wildman–Crippen LogP) is 4.76. The van der Waals surface area contributed by atoms with Crippen LogP contribution in [-0.2, 0) is 9.59 Å². The van der Waals surface area contributed by atoms with Crippen molar-refractivity contribution in [3.05, 3.63) is 69.9 Å². The van der Waals surface area contributed by atoms with Crippen LogP contribution in [0.4, 0.5) is 5.13 Å². The number of carbonyl (C=O) groups excluding carboxylic acids is 2. The Morgan fingerprint density at radius 3 is 2.71 bits per heavy atom. The molecule has 2 aliphatic rings. The third-order valence-corrected chi connectivity index (χ3v) is 7.81. The van der Waals surface area contributed by atoms with Crippen molar-refractivity contribution in [3.63, 3.8) is 0 Å². The summed E-state index contributed by atoms with van der Waals surface area (Å²) in [5.41, 5.74) is 1.05. The number of Topliss-reactive ketones (excluding diaryl/α,β-unsaturated/α-hetero) is 1. The Morgan fingerprint density at radius 2 is 1.94 bits per heavy atom. The normalized spacial score (nSPS) is 18.9. The third-order valence-electron chi connectivity index (χ3n) is 5.86. The van der Waals surface area contributed by atoms with Crippen molar-refractivity contribution in [2.75, 3.05) is 25.2 Å². The summed E-state index contributed by atoms with van der Waals surface area (Å²) in [4.78, 5) is 33.4. The molecule has 0 bridgehead atoms. The number of ketones is 1. The van der Waals surface area contributed by atoms with E-state index in [-0.39, 0.29) is 11.3 Å². The van der Waals surface area contributed by atoms with Gasteiger partial charge in [-0.1, -0.05) is 17.4 Å². The summed E-state index contributed by atoms with van der Waals surface area (Å²) < 4.78 is 17.3. The molecule has 0 spiro atoms. The van der Waals surface area contributed by atoms with Crippen LogP contribution in [0.2, 0.25) is 0 Å². The second-order valence-corrected chi connectivity index (χ2v) is 9.86. The smallest absolute Gasteiger partial charge is 0.301 e. The van der Waals surface area contributed by atoms with Gasteiger partial charge < -0.3 is 19.3 Å². The SMILES string of the molecule is COc1ccc2nc(N3C(=O)C(=O)/C(=C(/O)c4ccc5c(c4)OCCO5)C3c3cccs3)sc2c1. The molecule has 0 aliphatic carbocycles. The highest BCUT2D eigenvalue weighted by Gasteiger charge is 2.48. The summed E-state index contributed by atoms with van der Waals surface area (Å²) in [6.07, 6.45) is 0. The second kappa shape index (κ2) is 8.40. The average Bonchev–Trinajstić information content (AvgIpc) is 3.61. The maximum absolute atomic E-state index is 13.3. The summed E-state index contributed by atoms with van der Waals surface area (Å²) in [7, 11) is 1.58. The van der Waals surface area contributed by atoms with Crippen LogP contribution in [0.1, 0.15) is 16.5 Å². The molecule has 1 N–H and O–H groups in total. The largest absolute Gasteiger partial charge is 0.507 e. The van der Waals surface area contributed by atoms with Gasteiger partial charge in [0.1, 0.15) is 30.8 Å². The monoisotopic (exact) mass is 506 g/mol. The number of hydrogen-bond acceptors (Lipinski definition) is 9. The minimum absolute atomic E-state index is 0.00552. The number of ether oxygens (including phenoxy) is 3. The van der Waals surface area contributed by atoms with E-state index in [1.807, 2.05) is 23.6 Å². The van der Waals surface area contributed by atoms with Crippen LogP contribution < -0.4 is 19.1 Å². The topological polar surface area (TPSA) is 98.2 Å². The molecular formula is C25H18N2O6S2. The van der Waals surface area contributed by atoms with E-state index >= 15 is 0 Å². The molecule has 1 saturated heterocycles. The Labute approximate surface area is 207 Å². The molecular weight excluding hydrogens is 488 g/mol. The van der Waals surface area contributed by atoms with Crippen LogP contribution in [-0.4, -0.2) is 42.1 Å². The minimum atomic E-state index is -0.814. The van der Waals surface area contributed by atoms with Crippen molar-refractivity contribution in [1.29, 1.82) is 0 Å². The zero-order valence-corrected chi connectivity index (χ0v) is 20.0. The molecule has 0 saturated carbocycles. The van der Waals surface area contributed by atoms with Gasteiger partial charge in [-0.3, -0.25) is 14.5 Å². The number of fused-ring (bicyclic) bond motifs is 2. The second-order valence-electron chi connectivity index (χ2n) is 7.87. The number of aliphatic hydroxyl groups is 1. The number of thiazole rings is 1. The molecule has 2 aromatic carbocycles. The van der Waals surface area contributed by atoms with Gasteiger partial charge in [-0.15, -0.1) is 11.3 Å². The van der Waals surface area contributed by atoms with Crippen LogP contribution in [0.5, 0.6) is 17.2 Å². The first-order chi connectivity index (χ1) is 17.0. The Kier molecular flexibility index (Phi) is 5.19. The number of methoxy groups -OCH3 is 1. The van der Waals surface area contributed by atoms with Gasteiger partial charge in [0.25, 0.3) is 5.78 Å². The Balaban J connectivity index is 1.50. The number of rotatable bonds is 4. The maximum Gasteiger partial charge on any atom is 0.301 e. The summed E-state index contributed by atoms with van der Waals surface area (Å²) >= 11 is 2.68. The number of thiophene rings is 1. The molecule has 1 fully saturated rings. The Hall–Kier alpha value is -3.89. The molecule has 2 aliphatic heterocycles. The summed E-state index contributed by atoms with van der Waals surface area (Å²) in [5.74, 6) is -0.0800. The van der Waals surface area contributed by atoms with E-state index < -0.39 is 17.7 Å². The van der Waals surface area contributed by atoms with E-state index in [0.717, 1.165) is 9.58 Å². The minimum Gasteiger partial charge on any atom is -0.507 e. The fourth-order valence-corrected chi connectivity index (χ4v) is 6.06. The van der Waals surface area contributed by atoms with Gasteiger partial charge in [0, 0.05) is 10.4 Å². The average molecular weight is 507 g/mol. The molecule has 1 amide bonds. The zero-order chi connectivity index (χ0) is 24.1. The van der Waals surface area contributed by atoms with Crippen molar-refractivity contribution in [2.24, 2.45) is 0 Å². The first kappa shape index (κ1) is 21.6. The number of carbonyl (C=O) groups is 2. The number of hydrogen-bond donors (Lipinski definition) is 1. The third kappa shape index (κ3) is 3.53. The molecule has 176 valence electrons. The van der Waals surface area contributed by atoms with Gasteiger partial charge in [-0.25, -0.2) is 4.98 Å². The Bertz CT molecular complexity index is 1510. The van der Waals surface area contributed by atoms with Gasteiger partial charge in [0.15, 0.2) is 16.6 Å². The molecule has 10 heteroatoms. The highest BCUT2D eigenvalue weighted by atomic mass is 32.1. The molecule has 4 heterocycles. The summed E-state index contributed by atoms with van der Waals surface area (Å²) in [6, 6.07) is 13.2. The zero-order valence-electron chi connectivity index (χ0n) is 18.4. The molecule has 35 heavy (non-hydrogen) atoms. The molecule has 2 aromatic heterocycles. The number of benzene rings is 2. The van der Waals surface area contributed by atoms with Crippen molar-refractivity contribution < 1.29 is 28.9 Å². The number of nitrogens with zero attached hydrogens (tertiary/aromatic N) is 2. The van der Waals surface area contributed by atoms with Crippen molar-refractivity contribution >= 4 is 55.5 Å². The predicted molar refractivity (Wildman–Crippen MR) is 133 cm³/mol. The first-order valence-corrected chi connectivity index (χ1v) is 12.4. The van der Waals surface area contributed by atoms with Crippen molar-refractivity contribution in [3.8, 4) is 17.2 Å². The van der Waals surface area contributed by atoms with Crippen LogP contribution in [0.15, 0.2) is 59.5 Å². The quantitative estimate of drug-likeness (QED) is 0.242. The lowest BCUT2D eigenvalue weighted by molar-refractivity contribution is -0.132. The highest BCUT2D eigenvalue weighted by molar-refractivity contribution is 7.22. The Morgan fingerprint density at radius 1 is 1.11 bits per heavy atom. The van der Waals surface area contributed by atoms with Crippen molar-refractivity contribution in [2.45, 2.75) is 6.04 Å². The first-order valence-electron chi connectivity index (χ1n) is 10.7. The lowest BCUT2D eigenvalue weighted by atomic mass is 9.99. The van der Waals surface area contributed by atoms with Crippen molar-refractivity contribution in [1.82, 2.24) is 4.98 Å². The molecule has 1 unspecified atom stereocenters. The standard InChI is InChI=1S/C25H18N2O6S2/c1-31-14-5-6-15-19(12-14)35-25(26-15)27-21(18-3-2-10-34-18)20(23(29)24(27)30)22(28)13-4-7-16-17(11-13)33-9-8-32-16/h2-7,10-12,21,28H,8-9H2,1H3/b22-20+. The van der Waals surface area contributed by atoms with Crippen LogP contribution >= 0.6 is 22.7 Å². The lowest BCUT2D eigenvalue weighted by Gasteiger charge is -2.22. The molecule has 6 rings (SSSR count). The molecule has 1 atom stereocenters. The number of anilines is 1. The molecule has 0 radical (unpaired) electrons.